The number of carbonyl (C=O) groups is 2. The molecule has 1 saturated carbocycles. The summed E-state index contributed by atoms with van der Waals surface area (Å²) in [6.07, 6.45) is 3.42. The van der Waals surface area contributed by atoms with Gasteiger partial charge in [0, 0.05) is 0 Å². The first-order valence-corrected chi connectivity index (χ1v) is 7.30. The van der Waals surface area contributed by atoms with Crippen LogP contribution in [0.2, 0.25) is 0 Å². The molecule has 6 nitrogen and oxygen atoms in total. The Labute approximate surface area is 117 Å². The quantitative estimate of drug-likeness (QED) is 0.527. The van der Waals surface area contributed by atoms with Gasteiger partial charge in [-0.15, -0.1) is 0 Å². The first kappa shape index (κ1) is 13.8. The summed E-state index contributed by atoms with van der Waals surface area (Å²) in [6, 6.07) is 0. The van der Waals surface area contributed by atoms with E-state index < -0.39 is 0 Å². The van der Waals surface area contributed by atoms with Crippen LogP contribution in [0.4, 0.5) is 0 Å². The lowest BCUT2D eigenvalue weighted by Gasteiger charge is -2.28. The van der Waals surface area contributed by atoms with Crippen molar-refractivity contribution in [2.75, 3.05) is 26.4 Å². The lowest BCUT2D eigenvalue weighted by atomic mass is 9.79. The maximum atomic E-state index is 12.1. The molecule has 112 valence electrons. The van der Waals surface area contributed by atoms with E-state index in [0.717, 1.165) is 12.8 Å². The predicted molar refractivity (Wildman–Crippen MR) is 66.8 cm³/mol. The summed E-state index contributed by atoms with van der Waals surface area (Å²) >= 11 is 0. The summed E-state index contributed by atoms with van der Waals surface area (Å²) in [5.74, 6) is -1.31. The molecule has 2 saturated heterocycles. The summed E-state index contributed by atoms with van der Waals surface area (Å²) < 4.78 is 20.5. The summed E-state index contributed by atoms with van der Waals surface area (Å²) in [7, 11) is 0. The van der Waals surface area contributed by atoms with Crippen molar-refractivity contribution in [1.82, 2.24) is 0 Å². The summed E-state index contributed by atoms with van der Waals surface area (Å²) in [5, 5.41) is 0. The largest absolute Gasteiger partial charge is 0.463 e. The summed E-state index contributed by atoms with van der Waals surface area (Å²) in [5.41, 5.74) is 0. The van der Waals surface area contributed by atoms with E-state index in [2.05, 4.69) is 0 Å². The number of rotatable bonds is 6. The first-order chi connectivity index (χ1) is 9.74. The van der Waals surface area contributed by atoms with Crippen LogP contribution >= 0.6 is 0 Å². The van der Waals surface area contributed by atoms with Crippen LogP contribution in [0.5, 0.6) is 0 Å². The molecule has 20 heavy (non-hydrogen) atoms. The van der Waals surface area contributed by atoms with Crippen LogP contribution in [0.3, 0.4) is 0 Å². The fourth-order valence-corrected chi connectivity index (χ4v) is 2.59. The van der Waals surface area contributed by atoms with Gasteiger partial charge in [-0.05, 0) is 12.8 Å². The molecule has 4 atom stereocenters. The van der Waals surface area contributed by atoms with E-state index in [1.807, 2.05) is 0 Å². The molecule has 3 aliphatic rings. The van der Waals surface area contributed by atoms with Crippen LogP contribution < -0.4 is 0 Å². The minimum absolute atomic E-state index is 0.0555. The maximum Gasteiger partial charge on any atom is 0.309 e. The lowest BCUT2D eigenvalue weighted by molar-refractivity contribution is -0.163. The summed E-state index contributed by atoms with van der Waals surface area (Å²) in [4.78, 5) is 24.2. The number of esters is 2. The average molecular weight is 284 g/mol. The molecule has 2 heterocycles. The van der Waals surface area contributed by atoms with Gasteiger partial charge in [0.25, 0.3) is 0 Å². The van der Waals surface area contributed by atoms with Gasteiger partial charge in [0.1, 0.15) is 25.4 Å². The van der Waals surface area contributed by atoms with Crippen molar-refractivity contribution >= 4 is 11.9 Å². The molecular weight excluding hydrogens is 264 g/mol. The molecule has 0 bridgehead atoms. The Kier molecular flexibility index (Phi) is 4.21. The van der Waals surface area contributed by atoms with E-state index in [1.165, 1.54) is 0 Å². The number of hydrogen-bond acceptors (Lipinski definition) is 6. The second-order valence-electron chi connectivity index (χ2n) is 5.67. The van der Waals surface area contributed by atoms with Gasteiger partial charge in [-0.1, -0.05) is 12.8 Å². The molecule has 2 unspecified atom stereocenters. The van der Waals surface area contributed by atoms with Crippen LogP contribution in [-0.4, -0.2) is 50.6 Å². The van der Waals surface area contributed by atoms with Crippen LogP contribution in [0.25, 0.3) is 0 Å². The highest BCUT2D eigenvalue weighted by molar-refractivity contribution is 5.82. The first-order valence-electron chi connectivity index (χ1n) is 7.30. The van der Waals surface area contributed by atoms with Crippen LogP contribution in [0.15, 0.2) is 0 Å². The number of hydrogen-bond donors (Lipinski definition) is 0. The molecule has 0 aromatic heterocycles. The van der Waals surface area contributed by atoms with Gasteiger partial charge in [0.05, 0.1) is 25.0 Å². The van der Waals surface area contributed by atoms with Crippen molar-refractivity contribution in [3.05, 3.63) is 0 Å². The Morgan fingerprint density at radius 1 is 0.850 bits per heavy atom. The Balaban J connectivity index is 1.50. The zero-order chi connectivity index (χ0) is 13.9. The molecule has 0 aromatic rings. The molecule has 0 radical (unpaired) electrons. The predicted octanol–water partition coefficient (Wildman–Crippen LogP) is 0.677. The molecule has 2 aliphatic heterocycles. The highest BCUT2D eigenvalue weighted by atomic mass is 16.6. The maximum absolute atomic E-state index is 12.1. The van der Waals surface area contributed by atoms with Crippen molar-refractivity contribution in [3.8, 4) is 0 Å². The molecule has 1 aliphatic carbocycles. The number of epoxide rings is 2. The monoisotopic (exact) mass is 284 g/mol. The molecule has 3 rings (SSSR count). The average Bonchev–Trinajstić information content (AvgIpc) is 3.36. The topological polar surface area (TPSA) is 77.7 Å². The zero-order valence-corrected chi connectivity index (χ0v) is 11.4. The minimum atomic E-state index is -0.366. The molecule has 0 N–H and O–H groups in total. The normalized spacial score (nSPS) is 35.2. The van der Waals surface area contributed by atoms with E-state index >= 15 is 0 Å². The molecule has 6 heteroatoms. The number of ether oxygens (including phenoxy) is 4. The lowest BCUT2D eigenvalue weighted by Crippen LogP contribution is -2.35. The van der Waals surface area contributed by atoms with E-state index in [4.69, 9.17) is 18.9 Å². The van der Waals surface area contributed by atoms with Gasteiger partial charge in [0.2, 0.25) is 0 Å². The summed E-state index contributed by atoms with van der Waals surface area (Å²) in [6.45, 7) is 1.91. The second kappa shape index (κ2) is 6.10. The second-order valence-corrected chi connectivity index (χ2v) is 5.67. The van der Waals surface area contributed by atoms with Gasteiger partial charge in [0.15, 0.2) is 0 Å². The third kappa shape index (κ3) is 3.70. The van der Waals surface area contributed by atoms with Crippen LogP contribution in [0, 0.1) is 11.8 Å². The third-order valence-corrected chi connectivity index (χ3v) is 4.00. The molecular formula is C14H20O6. The van der Waals surface area contributed by atoms with E-state index in [9.17, 15) is 9.59 Å². The van der Waals surface area contributed by atoms with Crippen LogP contribution in [-0.2, 0) is 28.5 Å². The Morgan fingerprint density at radius 3 is 1.60 bits per heavy atom. The highest BCUT2D eigenvalue weighted by Crippen LogP contribution is 2.32. The zero-order valence-electron chi connectivity index (χ0n) is 11.4. The fraction of sp³-hybridized carbons (Fsp3) is 0.857. The third-order valence-electron chi connectivity index (χ3n) is 4.00. The van der Waals surface area contributed by atoms with Crippen molar-refractivity contribution in [3.63, 3.8) is 0 Å². The van der Waals surface area contributed by atoms with E-state index in [0.29, 0.717) is 39.3 Å². The van der Waals surface area contributed by atoms with Crippen LogP contribution in [0.1, 0.15) is 25.7 Å². The number of carbonyl (C=O) groups excluding carboxylic acids is 2. The Bertz CT molecular complexity index is 338. The SMILES string of the molecule is O=C(OCC1CO1)[C@H]1CCCC[C@H]1C(=O)OCC1CO1. The van der Waals surface area contributed by atoms with Crippen molar-refractivity contribution < 1.29 is 28.5 Å². The molecule has 0 spiro atoms. The van der Waals surface area contributed by atoms with Gasteiger partial charge < -0.3 is 18.9 Å². The Hall–Kier alpha value is -1.14. The molecule has 0 aromatic carbocycles. The Morgan fingerprint density at radius 2 is 1.25 bits per heavy atom. The van der Waals surface area contributed by atoms with E-state index in [1.54, 1.807) is 0 Å². The smallest absolute Gasteiger partial charge is 0.309 e. The van der Waals surface area contributed by atoms with Gasteiger partial charge in [-0.2, -0.15) is 0 Å². The fourth-order valence-electron chi connectivity index (χ4n) is 2.59. The molecule has 3 fully saturated rings. The van der Waals surface area contributed by atoms with Gasteiger partial charge in [-0.25, -0.2) is 0 Å². The van der Waals surface area contributed by atoms with Crippen molar-refractivity contribution in [2.45, 2.75) is 37.9 Å². The van der Waals surface area contributed by atoms with E-state index in [-0.39, 0.29) is 36.0 Å². The minimum Gasteiger partial charge on any atom is -0.463 e. The standard InChI is InChI=1S/C14H20O6/c15-13(19-7-9-5-17-9)11-3-1-2-4-12(11)14(16)20-8-10-6-18-10/h9-12H,1-8H2/t9?,10?,11-,12+. The van der Waals surface area contributed by atoms with Gasteiger partial charge in [-0.3, -0.25) is 9.59 Å². The van der Waals surface area contributed by atoms with Crippen molar-refractivity contribution in [2.24, 2.45) is 11.8 Å². The van der Waals surface area contributed by atoms with Gasteiger partial charge >= 0.3 is 11.9 Å². The van der Waals surface area contributed by atoms with Crippen molar-refractivity contribution in [1.29, 1.82) is 0 Å². The molecule has 0 amide bonds. The highest BCUT2D eigenvalue weighted by Gasteiger charge is 2.39.